The van der Waals surface area contributed by atoms with Crippen LogP contribution in [-0.2, 0) is 0 Å². The van der Waals surface area contributed by atoms with Crippen LogP contribution in [0.5, 0.6) is 5.75 Å². The third kappa shape index (κ3) is 3.58. The molecule has 0 bridgehead atoms. The number of aryl methyl sites for hydroxylation is 1. The van der Waals surface area contributed by atoms with Crippen molar-refractivity contribution in [2.75, 3.05) is 39.1 Å². The summed E-state index contributed by atoms with van der Waals surface area (Å²) < 4.78 is 7.66. The number of anilines is 1. The van der Waals surface area contributed by atoms with Crippen molar-refractivity contribution in [3.63, 3.8) is 0 Å². The summed E-state index contributed by atoms with van der Waals surface area (Å²) in [7, 11) is 6.17. The summed E-state index contributed by atoms with van der Waals surface area (Å²) in [5.41, 5.74) is 4.16. The number of benzene rings is 1. The number of hydrogen-bond donors (Lipinski definition) is 1. The fourth-order valence-corrected chi connectivity index (χ4v) is 3.18. The molecule has 1 aliphatic heterocycles. The van der Waals surface area contributed by atoms with Crippen LogP contribution in [0.25, 0.3) is 17.4 Å². The van der Waals surface area contributed by atoms with Crippen molar-refractivity contribution in [1.29, 1.82) is 0 Å². The zero-order valence-electron chi connectivity index (χ0n) is 16.6. The first kappa shape index (κ1) is 18.5. The molecular formula is C21H25N5O2. The minimum atomic E-state index is -1.07. The van der Waals surface area contributed by atoms with E-state index in [0.29, 0.717) is 22.8 Å². The third-order valence-corrected chi connectivity index (χ3v) is 4.90. The van der Waals surface area contributed by atoms with Crippen molar-refractivity contribution in [1.82, 2.24) is 19.3 Å². The minimum absolute atomic E-state index is 0.603. The molecule has 1 aromatic carbocycles. The normalized spacial score (nSPS) is 16.1. The van der Waals surface area contributed by atoms with Crippen LogP contribution in [0.15, 0.2) is 36.7 Å². The van der Waals surface area contributed by atoms with E-state index >= 15 is 0 Å². The Kier molecular flexibility index (Phi) is 4.78. The van der Waals surface area contributed by atoms with Crippen molar-refractivity contribution in [2.45, 2.75) is 13.2 Å². The first-order valence-corrected chi connectivity index (χ1v) is 9.29. The van der Waals surface area contributed by atoms with Gasteiger partial charge in [-0.3, -0.25) is 4.40 Å². The molecule has 0 saturated carbocycles. The predicted molar refractivity (Wildman–Crippen MR) is 110 cm³/mol. The fourth-order valence-electron chi connectivity index (χ4n) is 3.18. The van der Waals surface area contributed by atoms with Crippen LogP contribution in [-0.4, -0.2) is 64.9 Å². The van der Waals surface area contributed by atoms with Gasteiger partial charge in [-0.25, -0.2) is 9.97 Å². The topological polar surface area (TPSA) is 66.1 Å². The van der Waals surface area contributed by atoms with Gasteiger partial charge in [0.25, 0.3) is 0 Å². The van der Waals surface area contributed by atoms with Gasteiger partial charge < -0.3 is 19.6 Å². The molecule has 3 aromatic rings. The van der Waals surface area contributed by atoms with E-state index in [0.717, 1.165) is 30.0 Å². The average Bonchev–Trinajstić information content (AvgIpc) is 3.07. The number of ether oxygens (including phenoxy) is 1. The first-order valence-electron chi connectivity index (χ1n) is 9.29. The number of hydrogen-bond acceptors (Lipinski definition) is 6. The molecule has 2 aromatic heterocycles. The van der Waals surface area contributed by atoms with Crippen molar-refractivity contribution < 1.29 is 9.84 Å². The Hall–Kier alpha value is -2.90. The van der Waals surface area contributed by atoms with Crippen molar-refractivity contribution in [2.24, 2.45) is 0 Å². The molecule has 7 heteroatoms. The molecule has 3 heterocycles. The van der Waals surface area contributed by atoms with Gasteiger partial charge in [0.2, 0.25) is 12.1 Å². The maximum Gasteiger partial charge on any atom is 0.234 e. The molecule has 146 valence electrons. The lowest BCUT2D eigenvalue weighted by molar-refractivity contribution is 0.0318. The highest BCUT2D eigenvalue weighted by Gasteiger charge is 2.24. The van der Waals surface area contributed by atoms with Gasteiger partial charge in [-0.15, -0.1) is 0 Å². The summed E-state index contributed by atoms with van der Waals surface area (Å²) in [6.45, 7) is 3.79. The molecule has 28 heavy (non-hydrogen) atoms. The van der Waals surface area contributed by atoms with Crippen LogP contribution in [0.2, 0.25) is 0 Å². The lowest BCUT2D eigenvalue weighted by atomic mass is 10.0. The summed E-state index contributed by atoms with van der Waals surface area (Å²) in [4.78, 5) is 13.3. The number of nitrogens with zero attached hydrogens (tertiary/aromatic N) is 5. The van der Waals surface area contributed by atoms with Crippen LogP contribution in [0.3, 0.4) is 0 Å². The van der Waals surface area contributed by atoms with Gasteiger partial charge in [0.1, 0.15) is 5.75 Å². The highest BCUT2D eigenvalue weighted by molar-refractivity contribution is 5.86. The van der Waals surface area contributed by atoms with E-state index in [1.54, 1.807) is 0 Å². The number of aromatic nitrogens is 3. The van der Waals surface area contributed by atoms with Crippen molar-refractivity contribution >= 4 is 23.1 Å². The Balaban J connectivity index is 1.64. The predicted octanol–water partition coefficient (Wildman–Crippen LogP) is 2.29. The molecule has 1 atom stereocenters. The van der Waals surface area contributed by atoms with Gasteiger partial charge in [-0.2, -0.15) is 0 Å². The molecular weight excluding hydrogens is 354 g/mol. The van der Waals surface area contributed by atoms with Crippen molar-refractivity contribution in [3.8, 4) is 5.75 Å². The summed E-state index contributed by atoms with van der Waals surface area (Å²) in [6, 6.07) is 7.97. The number of rotatable bonds is 5. The van der Waals surface area contributed by atoms with E-state index in [9.17, 15) is 5.11 Å². The van der Waals surface area contributed by atoms with E-state index < -0.39 is 6.29 Å². The maximum absolute atomic E-state index is 10.6. The summed E-state index contributed by atoms with van der Waals surface area (Å²) in [5, 5.41) is 10.6. The summed E-state index contributed by atoms with van der Waals surface area (Å²) >= 11 is 0. The van der Waals surface area contributed by atoms with Gasteiger partial charge in [-0.05, 0) is 45.3 Å². The number of aliphatic hydroxyl groups excluding tert-OH is 1. The second-order valence-electron chi connectivity index (χ2n) is 7.42. The quantitative estimate of drug-likeness (QED) is 0.734. The Morgan fingerprint density at radius 2 is 1.96 bits per heavy atom. The van der Waals surface area contributed by atoms with E-state index in [1.165, 1.54) is 0 Å². The smallest absolute Gasteiger partial charge is 0.234 e. The van der Waals surface area contributed by atoms with Crippen LogP contribution >= 0.6 is 0 Å². The third-order valence-electron chi connectivity index (χ3n) is 4.90. The second kappa shape index (κ2) is 7.26. The SMILES string of the molecule is Cc1ccn2cc(C3=Cc4ccc(N(C)CCN(C)C)cc4OC3O)nc2n1. The molecule has 7 nitrogen and oxygen atoms in total. The van der Waals surface area contributed by atoms with Crippen molar-refractivity contribution in [3.05, 3.63) is 53.6 Å². The van der Waals surface area contributed by atoms with Gasteiger partial charge in [0.15, 0.2) is 0 Å². The van der Waals surface area contributed by atoms with Crippen LogP contribution < -0.4 is 9.64 Å². The lowest BCUT2D eigenvalue weighted by Gasteiger charge is -2.26. The average molecular weight is 379 g/mol. The molecule has 4 rings (SSSR count). The zero-order valence-corrected chi connectivity index (χ0v) is 16.6. The van der Waals surface area contributed by atoms with Crippen LogP contribution in [0, 0.1) is 6.92 Å². The number of imidazole rings is 1. The van der Waals surface area contributed by atoms with E-state index in [2.05, 4.69) is 47.0 Å². The monoisotopic (exact) mass is 379 g/mol. The molecule has 1 aliphatic rings. The standard InChI is InChI=1S/C21H25N5O2/c1-14-7-8-26-13-18(23-21(26)22-14)17-11-15-5-6-16(12-19(15)28-20(17)27)25(4)10-9-24(2)3/h5-8,11-13,20,27H,9-10H2,1-4H3. The molecule has 1 unspecified atom stereocenters. The molecule has 0 radical (unpaired) electrons. The van der Waals surface area contributed by atoms with Crippen LogP contribution in [0.1, 0.15) is 17.0 Å². The Labute approximate surface area is 164 Å². The number of fused-ring (bicyclic) bond motifs is 2. The zero-order chi connectivity index (χ0) is 19.8. The van der Waals surface area contributed by atoms with Gasteiger partial charge in [-0.1, -0.05) is 0 Å². The van der Waals surface area contributed by atoms with E-state index in [-0.39, 0.29) is 0 Å². The summed E-state index contributed by atoms with van der Waals surface area (Å²) in [5.74, 6) is 1.27. The highest BCUT2D eigenvalue weighted by atomic mass is 16.6. The number of likely N-dealkylation sites (N-methyl/N-ethyl adjacent to an activating group) is 2. The molecule has 0 fully saturated rings. The number of aliphatic hydroxyl groups is 1. The molecule has 0 aliphatic carbocycles. The fraction of sp³-hybridized carbons (Fsp3) is 0.333. The highest BCUT2D eigenvalue weighted by Crippen LogP contribution is 2.35. The van der Waals surface area contributed by atoms with Gasteiger partial charge >= 0.3 is 0 Å². The lowest BCUT2D eigenvalue weighted by Crippen LogP contribution is -2.28. The first-order chi connectivity index (χ1) is 13.4. The van der Waals surface area contributed by atoms with Crippen LogP contribution in [0.4, 0.5) is 5.69 Å². The second-order valence-corrected chi connectivity index (χ2v) is 7.42. The van der Waals surface area contributed by atoms with Gasteiger partial charge in [0, 0.05) is 61.1 Å². The van der Waals surface area contributed by atoms with Gasteiger partial charge in [0.05, 0.1) is 5.69 Å². The molecule has 0 amide bonds. The van der Waals surface area contributed by atoms with E-state index in [1.807, 2.05) is 48.0 Å². The largest absolute Gasteiger partial charge is 0.460 e. The van der Waals surface area contributed by atoms with E-state index in [4.69, 9.17) is 4.74 Å². The summed E-state index contributed by atoms with van der Waals surface area (Å²) in [6.07, 6.45) is 4.63. The Morgan fingerprint density at radius 1 is 1.14 bits per heavy atom. The minimum Gasteiger partial charge on any atom is -0.460 e. The maximum atomic E-state index is 10.6. The molecule has 0 saturated heterocycles. The Bertz CT molecular complexity index is 1040. The Morgan fingerprint density at radius 3 is 2.75 bits per heavy atom. The molecule has 1 N–H and O–H groups in total. The molecule has 0 spiro atoms.